The number of hydrogen-bond donors (Lipinski definition) is 0. The molecule has 1 heterocycles. The average Bonchev–Trinajstić information content (AvgIpc) is 2.24. The summed E-state index contributed by atoms with van der Waals surface area (Å²) < 4.78 is 22.2. The molecule has 0 aliphatic carbocycles. The molecule has 0 N–H and O–H groups in total. The van der Waals surface area contributed by atoms with Crippen LogP contribution in [0.25, 0.3) is 0 Å². The topological polar surface area (TPSA) is 50.3 Å². The molecule has 1 aromatic heterocycles. The Morgan fingerprint density at radius 3 is 2.59 bits per heavy atom. The molecule has 0 radical (unpaired) electrons. The summed E-state index contributed by atoms with van der Waals surface area (Å²) in [5.74, 6) is 0.975. The summed E-state index contributed by atoms with van der Waals surface area (Å²) in [6.45, 7) is 2.44. The monoisotopic (exact) mass is 320 g/mol. The number of anilines is 1. The smallest absolute Gasteiger partial charge is 0.149 e. The highest BCUT2D eigenvalue weighted by Gasteiger charge is 2.10. The van der Waals surface area contributed by atoms with Crippen molar-refractivity contribution >= 4 is 31.6 Å². The van der Waals surface area contributed by atoms with Gasteiger partial charge in [0.2, 0.25) is 0 Å². The fourth-order valence-electron chi connectivity index (χ4n) is 1.51. The summed E-state index contributed by atoms with van der Waals surface area (Å²) in [4.78, 5) is 6.22. The molecule has 4 nitrogen and oxygen atoms in total. The fourth-order valence-corrected chi connectivity index (χ4v) is 2.42. The molecule has 0 aromatic carbocycles. The van der Waals surface area contributed by atoms with Crippen molar-refractivity contribution in [1.82, 2.24) is 4.98 Å². The molecule has 6 heteroatoms. The Morgan fingerprint density at radius 2 is 2.12 bits per heavy atom. The zero-order chi connectivity index (χ0) is 13.1. The van der Waals surface area contributed by atoms with E-state index in [0.717, 1.165) is 22.3 Å². The lowest BCUT2D eigenvalue weighted by Gasteiger charge is -2.19. The number of nitrogens with zero attached hydrogens (tertiary/aromatic N) is 2. The molecule has 0 aliphatic rings. The van der Waals surface area contributed by atoms with Crippen molar-refractivity contribution in [3.05, 3.63) is 23.4 Å². The summed E-state index contributed by atoms with van der Waals surface area (Å²) >= 11 is 3.38. The molecule has 0 unspecified atom stereocenters. The molecule has 0 amide bonds. The maximum atomic E-state index is 11.1. The van der Waals surface area contributed by atoms with Gasteiger partial charge in [-0.15, -0.1) is 0 Å². The minimum atomic E-state index is -2.93. The molecule has 0 fully saturated rings. The van der Waals surface area contributed by atoms with Crippen LogP contribution < -0.4 is 4.90 Å². The number of sulfone groups is 1. The standard InChI is InChI=1S/C11H17BrN2O2S/c1-9-6-10(7-12)8-13-11(9)14(2)4-5-17(3,15)16/h6,8H,4-5,7H2,1-3H3. The van der Waals surface area contributed by atoms with E-state index in [1.165, 1.54) is 6.26 Å². The van der Waals surface area contributed by atoms with E-state index in [9.17, 15) is 8.42 Å². The first-order chi connectivity index (χ1) is 7.83. The van der Waals surface area contributed by atoms with Crippen LogP contribution >= 0.6 is 15.9 Å². The van der Waals surface area contributed by atoms with Crippen LogP contribution in [0.15, 0.2) is 12.3 Å². The van der Waals surface area contributed by atoms with Gasteiger partial charge in [-0.2, -0.15) is 0 Å². The molecule has 0 spiro atoms. The van der Waals surface area contributed by atoms with Gasteiger partial charge in [0.1, 0.15) is 15.7 Å². The van der Waals surface area contributed by atoms with E-state index in [4.69, 9.17) is 0 Å². The highest BCUT2D eigenvalue weighted by molar-refractivity contribution is 9.08. The van der Waals surface area contributed by atoms with E-state index in [1.807, 2.05) is 24.9 Å². The van der Waals surface area contributed by atoms with Gasteiger partial charge in [0.25, 0.3) is 0 Å². The van der Waals surface area contributed by atoms with Gasteiger partial charge in [0, 0.05) is 31.4 Å². The number of alkyl halides is 1. The van der Waals surface area contributed by atoms with Crippen LogP contribution in [0.4, 0.5) is 5.82 Å². The molecule has 17 heavy (non-hydrogen) atoms. The maximum Gasteiger partial charge on any atom is 0.149 e. The second kappa shape index (κ2) is 5.82. The van der Waals surface area contributed by atoms with Gasteiger partial charge in [0.15, 0.2) is 0 Å². The van der Waals surface area contributed by atoms with Crippen molar-refractivity contribution in [2.75, 3.05) is 30.5 Å². The Labute approximate surface area is 111 Å². The number of rotatable bonds is 5. The minimum Gasteiger partial charge on any atom is -0.358 e. The molecule has 0 atom stereocenters. The summed E-state index contributed by atoms with van der Waals surface area (Å²) in [6.07, 6.45) is 3.04. The quantitative estimate of drug-likeness (QED) is 0.776. The third-order valence-corrected chi connectivity index (χ3v) is 3.99. The van der Waals surface area contributed by atoms with Gasteiger partial charge in [-0.3, -0.25) is 0 Å². The summed E-state index contributed by atoms with van der Waals surface area (Å²) in [5, 5.41) is 0.772. The largest absolute Gasteiger partial charge is 0.358 e. The van der Waals surface area contributed by atoms with Crippen molar-refractivity contribution in [3.63, 3.8) is 0 Å². The van der Waals surface area contributed by atoms with Gasteiger partial charge in [0.05, 0.1) is 5.75 Å². The minimum absolute atomic E-state index is 0.144. The molecule has 0 saturated heterocycles. The van der Waals surface area contributed by atoms with Gasteiger partial charge in [-0.05, 0) is 18.1 Å². The zero-order valence-corrected chi connectivity index (χ0v) is 12.7. The summed E-state index contributed by atoms with van der Waals surface area (Å²) in [7, 11) is -1.07. The molecule has 1 rings (SSSR count). The summed E-state index contributed by atoms with van der Waals surface area (Å²) in [5.41, 5.74) is 2.17. The molecule has 0 saturated carbocycles. The number of halogens is 1. The first kappa shape index (κ1) is 14.4. The van der Waals surface area contributed by atoms with Crippen LogP contribution in [0.1, 0.15) is 11.1 Å². The van der Waals surface area contributed by atoms with E-state index in [0.29, 0.717) is 6.54 Å². The van der Waals surface area contributed by atoms with Crippen molar-refractivity contribution in [2.45, 2.75) is 12.3 Å². The second-order valence-electron chi connectivity index (χ2n) is 4.17. The maximum absolute atomic E-state index is 11.1. The predicted molar refractivity (Wildman–Crippen MR) is 74.6 cm³/mol. The van der Waals surface area contributed by atoms with Crippen LogP contribution in [-0.2, 0) is 15.2 Å². The van der Waals surface area contributed by atoms with Gasteiger partial charge in [-0.1, -0.05) is 22.0 Å². The van der Waals surface area contributed by atoms with Crippen molar-refractivity contribution in [3.8, 4) is 0 Å². The first-order valence-electron chi connectivity index (χ1n) is 5.24. The molecular weight excluding hydrogens is 304 g/mol. The predicted octanol–water partition coefficient (Wildman–Crippen LogP) is 1.77. The Morgan fingerprint density at radius 1 is 1.47 bits per heavy atom. The van der Waals surface area contributed by atoms with Crippen LogP contribution in [0, 0.1) is 6.92 Å². The van der Waals surface area contributed by atoms with Crippen LogP contribution in [0.3, 0.4) is 0 Å². The highest BCUT2D eigenvalue weighted by Crippen LogP contribution is 2.17. The SMILES string of the molecule is Cc1cc(CBr)cnc1N(C)CCS(C)(=O)=O. The highest BCUT2D eigenvalue weighted by atomic mass is 79.9. The Balaban J connectivity index is 2.79. The lowest BCUT2D eigenvalue weighted by Crippen LogP contribution is -2.26. The van der Waals surface area contributed by atoms with E-state index in [1.54, 1.807) is 6.20 Å². The molecular formula is C11H17BrN2O2S. The van der Waals surface area contributed by atoms with Crippen LogP contribution in [0.2, 0.25) is 0 Å². The normalized spacial score (nSPS) is 11.5. The number of pyridine rings is 1. The number of aromatic nitrogens is 1. The Hall–Kier alpha value is -0.620. The first-order valence-corrected chi connectivity index (χ1v) is 8.42. The van der Waals surface area contributed by atoms with Crippen molar-refractivity contribution in [1.29, 1.82) is 0 Å². The second-order valence-corrected chi connectivity index (χ2v) is 6.99. The van der Waals surface area contributed by atoms with E-state index < -0.39 is 9.84 Å². The van der Waals surface area contributed by atoms with Gasteiger partial charge in [-0.25, -0.2) is 13.4 Å². The Kier molecular flexibility index (Phi) is 4.94. The van der Waals surface area contributed by atoms with E-state index in [-0.39, 0.29) is 5.75 Å². The third kappa shape index (κ3) is 4.63. The lowest BCUT2D eigenvalue weighted by atomic mass is 10.2. The van der Waals surface area contributed by atoms with Gasteiger partial charge < -0.3 is 4.90 Å². The number of hydrogen-bond acceptors (Lipinski definition) is 4. The van der Waals surface area contributed by atoms with Crippen molar-refractivity contribution in [2.24, 2.45) is 0 Å². The average molecular weight is 321 g/mol. The third-order valence-electron chi connectivity index (χ3n) is 2.42. The summed E-state index contributed by atoms with van der Waals surface area (Å²) in [6, 6.07) is 2.05. The fraction of sp³-hybridized carbons (Fsp3) is 0.545. The van der Waals surface area contributed by atoms with E-state index in [2.05, 4.69) is 20.9 Å². The Bertz CT molecular complexity index is 488. The molecule has 1 aromatic rings. The number of aryl methyl sites for hydroxylation is 1. The molecule has 96 valence electrons. The molecule has 0 aliphatic heterocycles. The van der Waals surface area contributed by atoms with Crippen LogP contribution in [0.5, 0.6) is 0 Å². The van der Waals surface area contributed by atoms with Gasteiger partial charge >= 0.3 is 0 Å². The van der Waals surface area contributed by atoms with Crippen LogP contribution in [-0.4, -0.2) is 39.0 Å². The molecule has 0 bridgehead atoms. The zero-order valence-electron chi connectivity index (χ0n) is 10.3. The lowest BCUT2D eigenvalue weighted by molar-refractivity contribution is 0.601. The van der Waals surface area contributed by atoms with Crippen molar-refractivity contribution < 1.29 is 8.42 Å². The van der Waals surface area contributed by atoms with E-state index >= 15 is 0 Å².